The normalized spacial score (nSPS) is 17.4. The van der Waals surface area contributed by atoms with Crippen LogP contribution in [0.3, 0.4) is 0 Å². The molecular formula is C44H46N2Na4O18S5. The zero-order valence-corrected chi connectivity index (χ0v) is 53.5. The second-order valence-corrected chi connectivity index (χ2v) is 24.3. The third kappa shape index (κ3) is 15.3. The summed E-state index contributed by atoms with van der Waals surface area (Å²) in [5.74, 6) is -1.83. The Balaban J connectivity index is 0.00000456. The maximum Gasteiger partial charge on any atom is 1.00 e. The van der Waals surface area contributed by atoms with Crippen LogP contribution in [-0.4, -0.2) is 119 Å². The van der Waals surface area contributed by atoms with Gasteiger partial charge in [0, 0.05) is 65.7 Å². The third-order valence-electron chi connectivity index (χ3n) is 12.4. The maximum absolute atomic E-state index is 12.6. The molecular weight excluding hydrogens is 1100 g/mol. The predicted molar refractivity (Wildman–Crippen MR) is 245 cm³/mol. The van der Waals surface area contributed by atoms with Crippen LogP contribution in [0.25, 0.3) is 21.5 Å². The van der Waals surface area contributed by atoms with Crippen LogP contribution >= 0.6 is 0 Å². The van der Waals surface area contributed by atoms with Gasteiger partial charge in [0.15, 0.2) is 12.3 Å². The molecule has 374 valence electrons. The molecule has 0 saturated carbocycles. The largest absolute Gasteiger partial charge is 1.00 e. The minimum atomic E-state index is -5.40. The summed E-state index contributed by atoms with van der Waals surface area (Å²) in [6, 6.07) is 8.67. The smallest absolute Gasteiger partial charge is 0.748 e. The van der Waals surface area contributed by atoms with E-state index in [0.717, 1.165) is 12.1 Å². The molecule has 2 aliphatic heterocycles. The first kappa shape index (κ1) is 68.2. The Bertz CT molecular complexity index is 3510. The standard InChI is InChI=1S/C44H50N2O18S5.4Na/c1-43(2)38(46(21-22-64-4)34-17-15-30-32(41(34)43)24-28(66(52,53)54)26-36(30)68(58,59)60)12-7-5-8-13-39-44(3,19-11-23-65(49,50)51)42-33-25-29(67(55,56)57)27-37(69(61,62)63)31(33)16-18-35(42)45(39)20-10-6-9-14-40(47)48;;;;/h5,7-8,12-13,15-18,24-27H,6,9-11,14,19-23H2,1-4H3,(H5-,47,48,49,50,51,52,53,54,55,56,57,58,59,60,61,62,63);;;;/q;4*+1/p-4. The van der Waals surface area contributed by atoms with Crippen LogP contribution in [0.1, 0.15) is 70.4 Å². The summed E-state index contributed by atoms with van der Waals surface area (Å²) in [5, 5.41) is 8.82. The number of nitrogens with zero attached hydrogens (tertiary/aromatic N) is 2. The summed E-state index contributed by atoms with van der Waals surface area (Å²) in [5.41, 5.74) is 0.0727. The summed E-state index contributed by atoms with van der Waals surface area (Å²) in [6.45, 7) is 5.77. The summed E-state index contributed by atoms with van der Waals surface area (Å²) in [6.07, 6.45) is 8.82. The number of carboxylic acids is 1. The Morgan fingerprint density at radius 2 is 1.21 bits per heavy atom. The van der Waals surface area contributed by atoms with Gasteiger partial charge in [-0.3, -0.25) is 4.79 Å². The quantitative estimate of drug-likeness (QED) is 0.0282. The van der Waals surface area contributed by atoms with Gasteiger partial charge in [-0.1, -0.05) is 30.7 Å². The Hall–Kier alpha value is -0.930. The molecule has 20 nitrogen and oxygen atoms in total. The third-order valence-corrected chi connectivity index (χ3v) is 16.5. The van der Waals surface area contributed by atoms with E-state index in [1.807, 2.05) is 4.58 Å². The van der Waals surface area contributed by atoms with Crippen LogP contribution in [-0.2, 0) is 71.0 Å². The summed E-state index contributed by atoms with van der Waals surface area (Å²) in [4.78, 5) is 9.25. The van der Waals surface area contributed by atoms with Crippen LogP contribution in [0, 0.1) is 0 Å². The molecule has 4 aromatic carbocycles. The van der Waals surface area contributed by atoms with Gasteiger partial charge in [-0.25, -0.2) is 42.1 Å². The second kappa shape index (κ2) is 25.9. The number of anilines is 1. The fourth-order valence-electron chi connectivity index (χ4n) is 9.44. The van der Waals surface area contributed by atoms with Crippen molar-refractivity contribution >= 4 is 95.2 Å². The average molecular weight is 1140 g/mol. The SMILES string of the molecule is COCC[N+]1=C(/C=C/C=C/C=C2/N(CCCCCC(=O)O)c3ccc4c(S(=O)(=O)[O-])cc(S(=O)(=O)[O-])cc4c3C2(C)CCCS(=O)(=O)[O-])C(C)(C)c2c1ccc1c(S(=O)(=O)[O-])cc(S(=O)(=O)[O-])cc21.[Na+].[Na+].[Na+].[Na+]. The molecule has 73 heavy (non-hydrogen) atoms. The van der Waals surface area contributed by atoms with Gasteiger partial charge in [-0.2, -0.15) is 4.58 Å². The number of ether oxygens (including phenoxy) is 1. The molecule has 1 atom stereocenters. The molecule has 6 rings (SSSR count). The maximum atomic E-state index is 12.6. The number of rotatable bonds is 20. The number of hydrogen-bond acceptors (Lipinski definition) is 18. The van der Waals surface area contributed by atoms with E-state index in [0.29, 0.717) is 59.7 Å². The van der Waals surface area contributed by atoms with E-state index >= 15 is 0 Å². The van der Waals surface area contributed by atoms with E-state index in [-0.39, 0.29) is 184 Å². The topological polar surface area (TPSA) is 339 Å². The van der Waals surface area contributed by atoms with E-state index in [4.69, 9.17) is 4.74 Å². The van der Waals surface area contributed by atoms with Crippen LogP contribution in [0.2, 0.25) is 0 Å². The van der Waals surface area contributed by atoms with Gasteiger partial charge in [0.1, 0.15) is 47.1 Å². The zero-order valence-electron chi connectivity index (χ0n) is 41.4. The molecule has 0 spiro atoms. The average Bonchev–Trinajstić information content (AvgIpc) is 3.58. The van der Waals surface area contributed by atoms with Gasteiger partial charge in [0.2, 0.25) is 5.69 Å². The second-order valence-electron chi connectivity index (χ2n) is 17.3. The molecule has 0 bridgehead atoms. The van der Waals surface area contributed by atoms with Crippen molar-refractivity contribution in [1.29, 1.82) is 0 Å². The molecule has 0 amide bonds. The van der Waals surface area contributed by atoms with Crippen molar-refractivity contribution in [3.8, 4) is 0 Å². The number of aliphatic carboxylic acids is 1. The fourth-order valence-corrected chi connectivity index (χ4v) is 12.6. The number of allylic oxidation sites excluding steroid dienone is 6. The molecule has 1 unspecified atom stereocenters. The molecule has 0 aliphatic carbocycles. The van der Waals surface area contributed by atoms with Crippen molar-refractivity contribution in [1.82, 2.24) is 0 Å². The van der Waals surface area contributed by atoms with Crippen molar-refractivity contribution in [2.24, 2.45) is 0 Å². The van der Waals surface area contributed by atoms with Crippen LogP contribution < -0.4 is 123 Å². The van der Waals surface area contributed by atoms with Gasteiger partial charge in [-0.05, 0) is 111 Å². The zero-order chi connectivity index (χ0) is 51.3. The van der Waals surface area contributed by atoms with E-state index in [1.54, 1.807) is 62.1 Å². The van der Waals surface area contributed by atoms with Crippen LogP contribution in [0.4, 0.5) is 11.4 Å². The van der Waals surface area contributed by atoms with Gasteiger partial charge in [0.25, 0.3) is 0 Å². The van der Waals surface area contributed by atoms with E-state index in [1.165, 1.54) is 25.3 Å². The Kier molecular flexibility index (Phi) is 24.2. The molecule has 0 aromatic heterocycles. The summed E-state index contributed by atoms with van der Waals surface area (Å²) >= 11 is 0. The first-order valence-electron chi connectivity index (χ1n) is 21.0. The Morgan fingerprint density at radius 1 is 0.671 bits per heavy atom. The first-order valence-corrected chi connectivity index (χ1v) is 28.2. The minimum absolute atomic E-state index is 0. The van der Waals surface area contributed by atoms with E-state index in [2.05, 4.69) is 0 Å². The van der Waals surface area contributed by atoms with Crippen molar-refractivity contribution in [2.45, 2.75) is 89.7 Å². The predicted octanol–water partition coefficient (Wildman–Crippen LogP) is -7.61. The number of benzene rings is 4. The molecule has 0 radical (unpaired) electrons. The van der Waals surface area contributed by atoms with E-state index < -0.39 is 92.7 Å². The molecule has 4 aromatic rings. The molecule has 2 heterocycles. The van der Waals surface area contributed by atoms with Crippen molar-refractivity contribution < 1.29 is 202 Å². The molecule has 0 saturated heterocycles. The van der Waals surface area contributed by atoms with Crippen molar-refractivity contribution in [3.05, 3.63) is 95.7 Å². The number of carbonyl (C=O) groups is 1. The molecule has 0 fully saturated rings. The minimum Gasteiger partial charge on any atom is -0.748 e. The van der Waals surface area contributed by atoms with Crippen molar-refractivity contribution in [3.63, 3.8) is 0 Å². The van der Waals surface area contributed by atoms with Gasteiger partial charge >= 0.3 is 124 Å². The fraction of sp³-hybridized carbons (Fsp3) is 0.364. The van der Waals surface area contributed by atoms with Gasteiger partial charge in [-0.15, -0.1) is 0 Å². The number of methoxy groups -OCH3 is 1. The number of carboxylic acid groups (broad SMARTS) is 1. The van der Waals surface area contributed by atoms with Gasteiger partial charge in [0.05, 0.1) is 35.1 Å². The number of unbranched alkanes of at least 4 members (excludes halogenated alkanes) is 2. The Morgan fingerprint density at radius 3 is 1.70 bits per heavy atom. The molecule has 1 N–H and O–H groups in total. The van der Waals surface area contributed by atoms with Crippen LogP contribution in [0.5, 0.6) is 0 Å². The monoisotopic (exact) mass is 1140 g/mol. The van der Waals surface area contributed by atoms with Crippen LogP contribution in [0.15, 0.2) is 104 Å². The summed E-state index contributed by atoms with van der Waals surface area (Å²) < 4.78 is 192. The summed E-state index contributed by atoms with van der Waals surface area (Å²) in [7, 11) is -24.6. The Labute approximate surface area is 513 Å². The van der Waals surface area contributed by atoms with Gasteiger partial charge < -0.3 is 37.5 Å². The molecule has 2 aliphatic rings. The first-order chi connectivity index (χ1) is 31.8. The molecule has 29 heteroatoms. The van der Waals surface area contributed by atoms with Crippen molar-refractivity contribution in [2.75, 3.05) is 37.5 Å². The number of fused-ring (bicyclic) bond motifs is 6. The number of hydrogen-bond donors (Lipinski definition) is 1. The van der Waals surface area contributed by atoms with E-state index in [9.17, 15) is 74.8 Å².